The molecule has 5 heavy (non-hydrogen) atoms. The zero-order valence-corrected chi connectivity index (χ0v) is 5.08. The van der Waals surface area contributed by atoms with Crippen molar-refractivity contribution in [3.8, 4) is 0 Å². The Balaban J connectivity index is 3.02. The minimum atomic E-state index is -1.11. The zero-order chi connectivity index (χ0) is 4.50. The molecule has 0 saturated heterocycles. The second kappa shape index (κ2) is 1.24. The first-order chi connectivity index (χ1) is 2.00. The molecule has 0 amide bonds. The molecule has 2 N–H and O–H groups in total. The molecular formula is C3H12NP. The van der Waals surface area contributed by atoms with Gasteiger partial charge in [-0.25, -0.2) is 0 Å². The molecule has 0 heterocycles. The molecule has 0 aromatic rings. The number of rotatable bonds is 0. The first kappa shape index (κ1) is 5.39. The molecule has 0 spiro atoms. The number of hydrogen-bond acceptors (Lipinski definition) is 1. The first-order valence-electron chi connectivity index (χ1n) is 1.79. The molecule has 0 aromatic heterocycles. The summed E-state index contributed by atoms with van der Waals surface area (Å²) in [6.07, 6.45) is 0. The molecule has 0 unspecified atom stereocenters. The number of hydrogen-bond donors (Lipinski definition) is 1. The van der Waals surface area contributed by atoms with E-state index in [1.165, 1.54) is 0 Å². The third-order valence-corrected chi connectivity index (χ3v) is 0. The van der Waals surface area contributed by atoms with E-state index in [0.29, 0.717) is 0 Å². The topological polar surface area (TPSA) is 26.0 Å². The molecule has 0 radical (unpaired) electrons. The third kappa shape index (κ3) is 165. The van der Waals surface area contributed by atoms with Gasteiger partial charge in [0.25, 0.3) is 0 Å². The molecule has 0 rings (SSSR count). The maximum atomic E-state index is 5.49. The van der Waals surface area contributed by atoms with E-state index < -0.39 is 7.41 Å². The molecule has 0 bridgehead atoms. The SMILES string of the molecule is C[PH](C)(C)N. The van der Waals surface area contributed by atoms with Crippen LogP contribution in [0.3, 0.4) is 0 Å². The van der Waals surface area contributed by atoms with Crippen LogP contribution < -0.4 is 5.50 Å². The molecule has 2 heteroatoms. The molecule has 0 aliphatic rings. The second-order valence-corrected chi connectivity index (χ2v) is 7.10. The van der Waals surface area contributed by atoms with E-state index >= 15 is 0 Å². The first-order valence-corrected chi connectivity index (χ1v) is 5.37. The van der Waals surface area contributed by atoms with Crippen LogP contribution in [0.1, 0.15) is 0 Å². The average Bonchev–Trinajstić information content (AvgIpc) is 0.722. The van der Waals surface area contributed by atoms with E-state index in [4.69, 9.17) is 5.50 Å². The van der Waals surface area contributed by atoms with Crippen molar-refractivity contribution in [2.45, 2.75) is 0 Å². The molecule has 0 aliphatic carbocycles. The quantitative estimate of drug-likeness (QED) is 0.433. The Labute approximate surface area is 33.9 Å². The standard InChI is InChI=1S/C3H12NP/c1-5(2,3)4/h5H,4H2,1-3H3. The molecule has 0 atom stereocenters. The van der Waals surface area contributed by atoms with Gasteiger partial charge in [-0.1, -0.05) is 0 Å². The zero-order valence-electron chi connectivity index (χ0n) is 4.08. The summed E-state index contributed by atoms with van der Waals surface area (Å²) in [6, 6.07) is 0. The second-order valence-electron chi connectivity index (χ2n) is 2.37. The molecule has 1 nitrogen and oxygen atoms in total. The van der Waals surface area contributed by atoms with Crippen molar-refractivity contribution in [1.82, 2.24) is 0 Å². The van der Waals surface area contributed by atoms with Crippen molar-refractivity contribution < 1.29 is 0 Å². The van der Waals surface area contributed by atoms with Gasteiger partial charge in [0.15, 0.2) is 0 Å². The monoisotopic (exact) mass is 93.1 g/mol. The van der Waals surface area contributed by atoms with Crippen LogP contribution in [-0.4, -0.2) is 20.0 Å². The van der Waals surface area contributed by atoms with E-state index in [9.17, 15) is 0 Å². The van der Waals surface area contributed by atoms with Gasteiger partial charge >= 0.3 is 32.9 Å². The molecule has 0 aromatic carbocycles. The van der Waals surface area contributed by atoms with Crippen LogP contribution in [0, 0.1) is 0 Å². The summed E-state index contributed by atoms with van der Waals surface area (Å²) in [6.45, 7) is 6.31. The van der Waals surface area contributed by atoms with Crippen LogP contribution in [0.15, 0.2) is 0 Å². The van der Waals surface area contributed by atoms with Crippen molar-refractivity contribution in [3.05, 3.63) is 0 Å². The van der Waals surface area contributed by atoms with Gasteiger partial charge in [-0.2, -0.15) is 0 Å². The minimum absolute atomic E-state index is 1.11. The average molecular weight is 93.1 g/mol. The summed E-state index contributed by atoms with van der Waals surface area (Å²) in [7, 11) is -1.11. The van der Waals surface area contributed by atoms with E-state index in [1.807, 2.05) is 0 Å². The van der Waals surface area contributed by atoms with Crippen molar-refractivity contribution >= 4 is 7.41 Å². The van der Waals surface area contributed by atoms with Gasteiger partial charge in [-0.15, -0.1) is 0 Å². The fraction of sp³-hybridized carbons (Fsp3) is 1.00. The summed E-state index contributed by atoms with van der Waals surface area (Å²) in [5, 5.41) is 0. The van der Waals surface area contributed by atoms with Gasteiger partial charge in [0.05, 0.1) is 0 Å². The maximum absolute atomic E-state index is 5.49. The molecule has 0 fully saturated rings. The van der Waals surface area contributed by atoms with Crippen LogP contribution in [0.25, 0.3) is 0 Å². The third-order valence-electron chi connectivity index (χ3n) is 0. The Morgan fingerprint density at radius 2 is 1.20 bits per heavy atom. The van der Waals surface area contributed by atoms with E-state index in [1.54, 1.807) is 0 Å². The van der Waals surface area contributed by atoms with Crippen LogP contribution in [0.4, 0.5) is 0 Å². The van der Waals surface area contributed by atoms with Gasteiger partial charge < -0.3 is 0 Å². The predicted molar refractivity (Wildman–Crippen MR) is 30.3 cm³/mol. The summed E-state index contributed by atoms with van der Waals surface area (Å²) in [5.74, 6) is 0. The van der Waals surface area contributed by atoms with E-state index in [-0.39, 0.29) is 0 Å². The van der Waals surface area contributed by atoms with E-state index in [0.717, 1.165) is 0 Å². The molecule has 0 saturated carbocycles. The van der Waals surface area contributed by atoms with Crippen molar-refractivity contribution in [2.24, 2.45) is 5.50 Å². The van der Waals surface area contributed by atoms with Crippen LogP contribution >= 0.6 is 7.41 Å². The normalized spacial score (nSPS) is 15.2. The fourth-order valence-electron chi connectivity index (χ4n) is 0. The Morgan fingerprint density at radius 3 is 1.20 bits per heavy atom. The van der Waals surface area contributed by atoms with Crippen LogP contribution in [-0.2, 0) is 0 Å². The van der Waals surface area contributed by atoms with Gasteiger partial charge in [0.2, 0.25) is 0 Å². The molecular weight excluding hydrogens is 81.0 g/mol. The van der Waals surface area contributed by atoms with Crippen molar-refractivity contribution in [1.29, 1.82) is 0 Å². The molecule has 0 aliphatic heterocycles. The Morgan fingerprint density at radius 1 is 1.20 bits per heavy atom. The Hall–Kier alpha value is 0.390. The summed E-state index contributed by atoms with van der Waals surface area (Å²) in [4.78, 5) is 0. The fourth-order valence-corrected chi connectivity index (χ4v) is 0. The van der Waals surface area contributed by atoms with Gasteiger partial charge in [-0.05, 0) is 0 Å². The summed E-state index contributed by atoms with van der Waals surface area (Å²) >= 11 is 0. The van der Waals surface area contributed by atoms with Gasteiger partial charge in [-0.3, -0.25) is 0 Å². The van der Waals surface area contributed by atoms with Crippen molar-refractivity contribution in [2.75, 3.05) is 20.0 Å². The Bertz CT molecular complexity index is 22.4. The molecule has 34 valence electrons. The van der Waals surface area contributed by atoms with Gasteiger partial charge in [0.1, 0.15) is 0 Å². The Kier molecular flexibility index (Phi) is 1.33. The summed E-state index contributed by atoms with van der Waals surface area (Å²) in [5.41, 5.74) is 5.49. The van der Waals surface area contributed by atoms with Crippen molar-refractivity contribution in [3.63, 3.8) is 0 Å². The van der Waals surface area contributed by atoms with Gasteiger partial charge in [0, 0.05) is 0 Å². The van der Waals surface area contributed by atoms with Crippen LogP contribution in [0.5, 0.6) is 0 Å². The summed E-state index contributed by atoms with van der Waals surface area (Å²) < 4.78 is 0. The number of nitrogens with two attached hydrogens (primary N) is 1. The predicted octanol–water partition coefficient (Wildman–Crippen LogP) is 0.499. The van der Waals surface area contributed by atoms with Crippen LogP contribution in [0.2, 0.25) is 0 Å². The van der Waals surface area contributed by atoms with E-state index in [2.05, 4.69) is 20.0 Å².